The second-order valence-corrected chi connectivity index (χ2v) is 7.73. The minimum absolute atomic E-state index is 0.194. The minimum Gasteiger partial charge on any atom is -0.366 e. The van der Waals surface area contributed by atoms with Crippen LogP contribution in [-0.4, -0.2) is 41.9 Å². The van der Waals surface area contributed by atoms with Crippen molar-refractivity contribution in [3.8, 4) is 0 Å². The largest absolute Gasteiger partial charge is 0.366 e. The van der Waals surface area contributed by atoms with Crippen LogP contribution < -0.4 is 10.6 Å². The molecule has 1 aliphatic heterocycles. The van der Waals surface area contributed by atoms with E-state index in [1.807, 2.05) is 56.3 Å². The maximum absolute atomic E-state index is 12.7. The van der Waals surface area contributed by atoms with Crippen LogP contribution in [0.1, 0.15) is 32.3 Å². The van der Waals surface area contributed by atoms with Crippen molar-refractivity contribution in [2.24, 2.45) is 5.92 Å². The van der Waals surface area contributed by atoms with Crippen molar-refractivity contribution >= 4 is 22.6 Å². The van der Waals surface area contributed by atoms with Crippen LogP contribution in [0.15, 0.2) is 42.5 Å². The predicted molar refractivity (Wildman–Crippen MR) is 108 cm³/mol. The average molecular weight is 384 g/mol. The first-order chi connectivity index (χ1) is 13.4. The van der Waals surface area contributed by atoms with E-state index in [4.69, 9.17) is 4.74 Å². The first-order valence-electron chi connectivity index (χ1n) is 9.80. The number of carbonyl (C=O) groups is 2. The lowest BCUT2D eigenvalue weighted by Gasteiger charge is -2.23. The summed E-state index contributed by atoms with van der Waals surface area (Å²) >= 11 is 0. The molecule has 0 aliphatic carbocycles. The number of hydrogen-bond donors (Lipinski definition) is 3. The standard InChI is InChI=1S/C22H28N2O4/c1-14(2)12-19(21(26)24-18-10-11-28-22(18)27)23-20(25)13-16-8-5-7-15-6-3-4-9-17(15)16/h3-9,14,18-19,22,27H,10-13H2,1-2H3,(H,23,25)(H,24,26)/t18-,19?,22?/m0/s1. The maximum atomic E-state index is 12.7. The molecule has 2 amide bonds. The van der Waals surface area contributed by atoms with E-state index in [9.17, 15) is 14.7 Å². The smallest absolute Gasteiger partial charge is 0.242 e. The first kappa shape index (κ1) is 20.3. The lowest BCUT2D eigenvalue weighted by atomic mass is 10.00. The van der Waals surface area contributed by atoms with Crippen LogP contribution in [0.3, 0.4) is 0 Å². The Labute approximate surface area is 165 Å². The van der Waals surface area contributed by atoms with Gasteiger partial charge in [-0.1, -0.05) is 56.3 Å². The molecule has 0 radical (unpaired) electrons. The number of nitrogens with one attached hydrogen (secondary N) is 2. The van der Waals surface area contributed by atoms with Gasteiger partial charge in [-0.3, -0.25) is 9.59 Å². The molecule has 28 heavy (non-hydrogen) atoms. The molecule has 3 rings (SSSR count). The van der Waals surface area contributed by atoms with E-state index in [0.717, 1.165) is 16.3 Å². The molecule has 1 fully saturated rings. The molecular weight excluding hydrogens is 356 g/mol. The number of fused-ring (bicyclic) bond motifs is 1. The van der Waals surface area contributed by atoms with Gasteiger partial charge in [-0.05, 0) is 35.1 Å². The average Bonchev–Trinajstić information content (AvgIpc) is 3.05. The van der Waals surface area contributed by atoms with Gasteiger partial charge in [0.15, 0.2) is 6.29 Å². The molecule has 2 aromatic rings. The van der Waals surface area contributed by atoms with Crippen LogP contribution in [-0.2, 0) is 20.7 Å². The third-order valence-corrected chi connectivity index (χ3v) is 4.98. The number of ether oxygens (including phenoxy) is 1. The number of hydrogen-bond acceptors (Lipinski definition) is 4. The van der Waals surface area contributed by atoms with Crippen LogP contribution in [0.2, 0.25) is 0 Å². The van der Waals surface area contributed by atoms with Crippen molar-refractivity contribution < 1.29 is 19.4 Å². The summed E-state index contributed by atoms with van der Waals surface area (Å²) in [4.78, 5) is 25.4. The Balaban J connectivity index is 1.67. The van der Waals surface area contributed by atoms with Gasteiger partial charge < -0.3 is 20.5 Å². The van der Waals surface area contributed by atoms with E-state index in [2.05, 4.69) is 10.6 Å². The van der Waals surface area contributed by atoms with Crippen molar-refractivity contribution in [1.29, 1.82) is 0 Å². The van der Waals surface area contributed by atoms with Crippen molar-refractivity contribution in [2.45, 2.75) is 51.5 Å². The zero-order valence-corrected chi connectivity index (χ0v) is 16.4. The Morgan fingerprint density at radius 1 is 1.18 bits per heavy atom. The molecule has 0 saturated carbocycles. The molecular formula is C22H28N2O4. The van der Waals surface area contributed by atoms with Gasteiger partial charge in [0.05, 0.1) is 19.1 Å². The van der Waals surface area contributed by atoms with Gasteiger partial charge in [-0.15, -0.1) is 0 Å². The second kappa shape index (κ2) is 9.17. The molecule has 2 unspecified atom stereocenters. The lowest BCUT2D eigenvalue weighted by molar-refractivity contribution is -0.131. The summed E-state index contributed by atoms with van der Waals surface area (Å²) < 4.78 is 5.08. The quantitative estimate of drug-likeness (QED) is 0.683. The van der Waals surface area contributed by atoms with Gasteiger partial charge >= 0.3 is 0 Å². The van der Waals surface area contributed by atoms with Gasteiger partial charge in [-0.25, -0.2) is 0 Å². The normalized spacial score (nSPS) is 20.3. The zero-order valence-electron chi connectivity index (χ0n) is 16.4. The number of carbonyl (C=O) groups excluding carboxylic acids is 2. The molecule has 0 aromatic heterocycles. The van der Waals surface area contributed by atoms with E-state index in [0.29, 0.717) is 19.4 Å². The fraction of sp³-hybridized carbons (Fsp3) is 0.455. The Morgan fingerprint density at radius 3 is 2.64 bits per heavy atom. The molecule has 1 aliphatic rings. The minimum atomic E-state index is -0.991. The van der Waals surface area contributed by atoms with Gasteiger partial charge in [0, 0.05) is 0 Å². The summed E-state index contributed by atoms with van der Waals surface area (Å²) in [5.41, 5.74) is 0.930. The Hall–Kier alpha value is -2.44. The predicted octanol–water partition coefficient (Wildman–Crippen LogP) is 2.14. The van der Waals surface area contributed by atoms with E-state index in [1.165, 1.54) is 0 Å². The highest BCUT2D eigenvalue weighted by atomic mass is 16.6. The Bertz CT molecular complexity index is 831. The number of amides is 2. The van der Waals surface area contributed by atoms with Crippen LogP contribution in [0.25, 0.3) is 10.8 Å². The number of rotatable bonds is 7. The lowest BCUT2D eigenvalue weighted by Crippen LogP contribution is -2.52. The van der Waals surface area contributed by atoms with Gasteiger partial charge in [0.1, 0.15) is 6.04 Å². The van der Waals surface area contributed by atoms with Crippen molar-refractivity contribution in [3.05, 3.63) is 48.0 Å². The van der Waals surface area contributed by atoms with E-state index >= 15 is 0 Å². The highest BCUT2D eigenvalue weighted by Gasteiger charge is 2.31. The highest BCUT2D eigenvalue weighted by Crippen LogP contribution is 2.19. The second-order valence-electron chi connectivity index (χ2n) is 7.73. The third kappa shape index (κ3) is 5.09. The molecule has 3 atom stereocenters. The Morgan fingerprint density at radius 2 is 1.93 bits per heavy atom. The topological polar surface area (TPSA) is 87.7 Å². The summed E-state index contributed by atoms with van der Waals surface area (Å²) in [7, 11) is 0. The first-order valence-corrected chi connectivity index (χ1v) is 9.80. The highest BCUT2D eigenvalue weighted by molar-refractivity contribution is 5.92. The van der Waals surface area contributed by atoms with E-state index in [-0.39, 0.29) is 24.2 Å². The number of benzene rings is 2. The number of aliphatic hydroxyl groups is 1. The molecule has 6 nitrogen and oxygen atoms in total. The fourth-order valence-corrected chi connectivity index (χ4v) is 3.57. The summed E-state index contributed by atoms with van der Waals surface area (Å²) in [6.07, 6.45) is 0.301. The van der Waals surface area contributed by atoms with Crippen LogP contribution in [0.4, 0.5) is 0 Å². The van der Waals surface area contributed by atoms with Crippen LogP contribution in [0.5, 0.6) is 0 Å². The van der Waals surface area contributed by atoms with Gasteiger partial charge in [0.2, 0.25) is 11.8 Å². The molecule has 1 heterocycles. The summed E-state index contributed by atoms with van der Waals surface area (Å²) in [5.74, 6) is -0.242. The van der Waals surface area contributed by atoms with Crippen molar-refractivity contribution in [3.63, 3.8) is 0 Å². The van der Waals surface area contributed by atoms with Crippen molar-refractivity contribution in [2.75, 3.05) is 6.61 Å². The molecule has 6 heteroatoms. The summed E-state index contributed by atoms with van der Waals surface area (Å²) in [5, 5.41) is 17.6. The molecule has 3 N–H and O–H groups in total. The molecule has 0 spiro atoms. The number of aliphatic hydroxyl groups excluding tert-OH is 1. The molecule has 150 valence electrons. The summed E-state index contributed by atoms with van der Waals surface area (Å²) in [6.45, 7) is 4.42. The van der Waals surface area contributed by atoms with Gasteiger partial charge in [0.25, 0.3) is 0 Å². The van der Waals surface area contributed by atoms with Crippen LogP contribution in [0, 0.1) is 5.92 Å². The van der Waals surface area contributed by atoms with Gasteiger partial charge in [-0.2, -0.15) is 0 Å². The molecule has 0 bridgehead atoms. The summed E-state index contributed by atoms with van der Waals surface area (Å²) in [6, 6.07) is 12.7. The monoisotopic (exact) mass is 384 g/mol. The Kier molecular flexibility index (Phi) is 6.65. The molecule has 2 aromatic carbocycles. The SMILES string of the molecule is CC(C)CC(NC(=O)Cc1cccc2ccccc12)C(=O)N[C@H]1CCOC1O. The van der Waals surface area contributed by atoms with E-state index < -0.39 is 18.4 Å². The zero-order chi connectivity index (χ0) is 20.1. The molecule has 1 saturated heterocycles. The van der Waals surface area contributed by atoms with E-state index in [1.54, 1.807) is 0 Å². The maximum Gasteiger partial charge on any atom is 0.242 e. The van der Waals surface area contributed by atoms with Crippen LogP contribution >= 0.6 is 0 Å². The van der Waals surface area contributed by atoms with Crippen molar-refractivity contribution in [1.82, 2.24) is 10.6 Å². The fourth-order valence-electron chi connectivity index (χ4n) is 3.57. The third-order valence-electron chi connectivity index (χ3n) is 4.98.